The van der Waals surface area contributed by atoms with Crippen LogP contribution < -0.4 is 10.5 Å². The van der Waals surface area contributed by atoms with Gasteiger partial charge in [0, 0.05) is 0 Å². The normalized spacial score (nSPS) is 18.8. The third kappa shape index (κ3) is 2.79. The molecule has 1 aromatic carbocycles. The van der Waals surface area contributed by atoms with Gasteiger partial charge < -0.3 is 15.6 Å². The summed E-state index contributed by atoms with van der Waals surface area (Å²) in [7, 11) is 0. The molecule has 3 N–H and O–H groups in total. The third-order valence-corrected chi connectivity index (χ3v) is 3.51. The van der Waals surface area contributed by atoms with E-state index in [2.05, 4.69) is 13.0 Å². The number of hydrogen-bond acceptors (Lipinski definition) is 3. The molecule has 3 heteroatoms. The van der Waals surface area contributed by atoms with Crippen molar-refractivity contribution in [2.45, 2.75) is 32.2 Å². The highest BCUT2D eigenvalue weighted by molar-refractivity contribution is 5.35. The topological polar surface area (TPSA) is 55.5 Å². The van der Waals surface area contributed by atoms with Crippen LogP contribution >= 0.6 is 0 Å². The second-order valence-corrected chi connectivity index (χ2v) is 5.22. The van der Waals surface area contributed by atoms with Gasteiger partial charge in [0.05, 0.1) is 12.1 Å². The fourth-order valence-corrected chi connectivity index (χ4v) is 2.12. The van der Waals surface area contributed by atoms with Crippen LogP contribution in [-0.2, 0) is 0 Å². The largest absolute Gasteiger partial charge is 0.491 e. The van der Waals surface area contributed by atoms with Crippen molar-refractivity contribution >= 4 is 0 Å². The number of ether oxygens (including phenoxy) is 1. The van der Waals surface area contributed by atoms with Crippen molar-refractivity contribution in [2.24, 2.45) is 11.7 Å². The van der Waals surface area contributed by atoms with Gasteiger partial charge in [-0.3, -0.25) is 0 Å². The molecule has 0 amide bonds. The Morgan fingerprint density at radius 1 is 1.41 bits per heavy atom. The molecule has 1 unspecified atom stereocenters. The summed E-state index contributed by atoms with van der Waals surface area (Å²) >= 11 is 0. The lowest BCUT2D eigenvalue weighted by Gasteiger charge is -2.27. The summed E-state index contributed by atoms with van der Waals surface area (Å²) in [5.74, 6) is 1.28. The van der Waals surface area contributed by atoms with Crippen LogP contribution in [0.5, 0.6) is 5.75 Å². The van der Waals surface area contributed by atoms with E-state index in [1.54, 1.807) is 0 Å². The Morgan fingerprint density at radius 2 is 2.12 bits per heavy atom. The standard InChI is InChI=1S/C14H21NO2/c1-10-3-6-13(11(2)7-10)17-9-14(15,8-16)12-4-5-12/h3,6-7,12,16H,4-5,8-9,15H2,1-2H3. The summed E-state index contributed by atoms with van der Waals surface area (Å²) in [5, 5.41) is 9.38. The van der Waals surface area contributed by atoms with Crippen LogP contribution in [0.25, 0.3) is 0 Å². The van der Waals surface area contributed by atoms with Gasteiger partial charge in [0.2, 0.25) is 0 Å². The van der Waals surface area contributed by atoms with Crippen LogP contribution in [0.2, 0.25) is 0 Å². The van der Waals surface area contributed by atoms with E-state index in [0.29, 0.717) is 12.5 Å². The zero-order chi connectivity index (χ0) is 12.5. The van der Waals surface area contributed by atoms with Crippen molar-refractivity contribution in [3.63, 3.8) is 0 Å². The van der Waals surface area contributed by atoms with Crippen molar-refractivity contribution in [3.8, 4) is 5.75 Å². The van der Waals surface area contributed by atoms with Gasteiger partial charge in [-0.1, -0.05) is 17.7 Å². The predicted molar refractivity (Wildman–Crippen MR) is 68.1 cm³/mol. The Bertz CT molecular complexity index is 401. The van der Waals surface area contributed by atoms with Crippen LogP contribution in [0.3, 0.4) is 0 Å². The number of aryl methyl sites for hydroxylation is 2. The minimum atomic E-state index is -0.572. The zero-order valence-electron chi connectivity index (χ0n) is 10.6. The minimum absolute atomic E-state index is 0.0113. The molecule has 0 heterocycles. The first-order valence-electron chi connectivity index (χ1n) is 6.15. The van der Waals surface area contributed by atoms with E-state index in [-0.39, 0.29) is 6.61 Å². The van der Waals surface area contributed by atoms with E-state index in [1.807, 2.05) is 19.1 Å². The Labute approximate surface area is 103 Å². The van der Waals surface area contributed by atoms with Gasteiger partial charge in [-0.05, 0) is 44.2 Å². The number of benzene rings is 1. The lowest BCUT2D eigenvalue weighted by molar-refractivity contribution is 0.116. The number of aliphatic hydroxyl groups excluding tert-OH is 1. The maximum atomic E-state index is 9.38. The Kier molecular flexibility index (Phi) is 3.40. The van der Waals surface area contributed by atoms with Crippen LogP contribution in [0.1, 0.15) is 24.0 Å². The summed E-state index contributed by atoms with van der Waals surface area (Å²) in [5.41, 5.74) is 7.92. The molecule has 1 aliphatic carbocycles. The van der Waals surface area contributed by atoms with Crippen molar-refractivity contribution < 1.29 is 9.84 Å². The molecular formula is C14H21NO2. The molecule has 1 atom stereocenters. The highest BCUT2D eigenvalue weighted by atomic mass is 16.5. The van der Waals surface area contributed by atoms with E-state index >= 15 is 0 Å². The summed E-state index contributed by atoms with van der Waals surface area (Å²) in [6, 6.07) is 6.08. The molecule has 0 bridgehead atoms. The lowest BCUT2D eigenvalue weighted by Crippen LogP contribution is -2.51. The average molecular weight is 235 g/mol. The van der Waals surface area contributed by atoms with Crippen LogP contribution in [0.15, 0.2) is 18.2 Å². The lowest BCUT2D eigenvalue weighted by atomic mass is 9.97. The van der Waals surface area contributed by atoms with Gasteiger partial charge in [0.25, 0.3) is 0 Å². The van der Waals surface area contributed by atoms with Crippen LogP contribution in [0, 0.1) is 19.8 Å². The van der Waals surface area contributed by atoms with Gasteiger partial charge in [0.15, 0.2) is 0 Å². The van der Waals surface area contributed by atoms with Crippen LogP contribution in [-0.4, -0.2) is 23.9 Å². The van der Waals surface area contributed by atoms with Gasteiger partial charge in [0.1, 0.15) is 12.4 Å². The Balaban J connectivity index is 2.01. The predicted octanol–water partition coefficient (Wildman–Crippen LogP) is 1.78. The highest BCUT2D eigenvalue weighted by Gasteiger charge is 2.42. The van der Waals surface area contributed by atoms with Crippen molar-refractivity contribution in [3.05, 3.63) is 29.3 Å². The molecule has 0 radical (unpaired) electrons. The van der Waals surface area contributed by atoms with Gasteiger partial charge >= 0.3 is 0 Å². The number of aliphatic hydroxyl groups is 1. The number of nitrogens with two attached hydrogens (primary N) is 1. The summed E-state index contributed by atoms with van der Waals surface area (Å²) in [6.45, 7) is 4.46. The maximum Gasteiger partial charge on any atom is 0.122 e. The molecule has 1 aromatic rings. The van der Waals surface area contributed by atoms with Gasteiger partial charge in [-0.2, -0.15) is 0 Å². The molecule has 1 fully saturated rings. The van der Waals surface area contributed by atoms with E-state index in [0.717, 1.165) is 24.2 Å². The first kappa shape index (κ1) is 12.4. The monoisotopic (exact) mass is 235 g/mol. The number of hydrogen-bond donors (Lipinski definition) is 2. The van der Waals surface area contributed by atoms with E-state index in [4.69, 9.17) is 10.5 Å². The molecule has 1 saturated carbocycles. The van der Waals surface area contributed by atoms with Gasteiger partial charge in [-0.15, -0.1) is 0 Å². The molecule has 0 saturated heterocycles. The molecule has 0 aromatic heterocycles. The molecular weight excluding hydrogens is 214 g/mol. The summed E-state index contributed by atoms with van der Waals surface area (Å²) in [6.07, 6.45) is 2.21. The average Bonchev–Trinajstić information content (AvgIpc) is 3.11. The minimum Gasteiger partial charge on any atom is -0.491 e. The molecule has 94 valence electrons. The smallest absolute Gasteiger partial charge is 0.122 e. The summed E-state index contributed by atoms with van der Waals surface area (Å²) in [4.78, 5) is 0. The summed E-state index contributed by atoms with van der Waals surface area (Å²) < 4.78 is 5.76. The highest BCUT2D eigenvalue weighted by Crippen LogP contribution is 2.38. The molecule has 0 aliphatic heterocycles. The molecule has 17 heavy (non-hydrogen) atoms. The molecule has 3 nitrogen and oxygen atoms in total. The second-order valence-electron chi connectivity index (χ2n) is 5.22. The van der Waals surface area contributed by atoms with E-state index < -0.39 is 5.54 Å². The number of rotatable bonds is 5. The molecule has 2 rings (SSSR count). The van der Waals surface area contributed by atoms with E-state index in [1.165, 1.54) is 5.56 Å². The Morgan fingerprint density at radius 3 is 2.65 bits per heavy atom. The van der Waals surface area contributed by atoms with Gasteiger partial charge in [-0.25, -0.2) is 0 Å². The fourth-order valence-electron chi connectivity index (χ4n) is 2.12. The third-order valence-electron chi connectivity index (χ3n) is 3.51. The zero-order valence-corrected chi connectivity index (χ0v) is 10.6. The SMILES string of the molecule is Cc1ccc(OCC(N)(CO)C2CC2)c(C)c1. The quantitative estimate of drug-likeness (QED) is 0.818. The second kappa shape index (κ2) is 4.67. The molecule has 1 aliphatic rings. The van der Waals surface area contributed by atoms with Crippen LogP contribution in [0.4, 0.5) is 0 Å². The van der Waals surface area contributed by atoms with Crippen molar-refractivity contribution in [1.29, 1.82) is 0 Å². The first-order chi connectivity index (χ1) is 8.05. The maximum absolute atomic E-state index is 9.38. The van der Waals surface area contributed by atoms with Crippen molar-refractivity contribution in [1.82, 2.24) is 0 Å². The fraction of sp³-hybridized carbons (Fsp3) is 0.571. The Hall–Kier alpha value is -1.06. The molecule has 0 spiro atoms. The van der Waals surface area contributed by atoms with Crippen molar-refractivity contribution in [2.75, 3.05) is 13.2 Å². The first-order valence-corrected chi connectivity index (χ1v) is 6.15. The van der Waals surface area contributed by atoms with E-state index in [9.17, 15) is 5.11 Å².